The summed E-state index contributed by atoms with van der Waals surface area (Å²) in [7, 11) is 0. The van der Waals surface area contributed by atoms with Gasteiger partial charge in [0.25, 0.3) is 0 Å². The molecule has 0 saturated carbocycles. The van der Waals surface area contributed by atoms with Gasteiger partial charge in [0.05, 0.1) is 12.3 Å². The maximum atomic E-state index is 5.68. The second-order valence-corrected chi connectivity index (χ2v) is 4.69. The zero-order valence-electron chi connectivity index (χ0n) is 9.87. The molecule has 1 aliphatic rings. The molecule has 0 radical (unpaired) electrons. The van der Waals surface area contributed by atoms with Crippen LogP contribution in [0.15, 0.2) is 0 Å². The Hall–Kier alpha value is -1.12. The third-order valence-corrected chi connectivity index (χ3v) is 2.77. The summed E-state index contributed by atoms with van der Waals surface area (Å²) in [5, 5.41) is 8.64. The van der Waals surface area contributed by atoms with Gasteiger partial charge in [0, 0.05) is 17.9 Å². The van der Waals surface area contributed by atoms with E-state index in [1.807, 2.05) is 0 Å². The monoisotopic (exact) mass is 206 g/mol. The first-order valence-electron chi connectivity index (χ1n) is 5.63. The normalized spacial score (nSPS) is 14.5. The Kier molecular flexibility index (Phi) is 2.63. The summed E-state index contributed by atoms with van der Waals surface area (Å²) in [5.74, 6) is 1.81. The molecular formula is C12H18N2O. The quantitative estimate of drug-likeness (QED) is 0.746. The van der Waals surface area contributed by atoms with Crippen molar-refractivity contribution in [2.24, 2.45) is 0 Å². The number of hydrogen-bond acceptors (Lipinski definition) is 3. The van der Waals surface area contributed by atoms with Gasteiger partial charge in [-0.2, -0.15) is 10.2 Å². The van der Waals surface area contributed by atoms with E-state index in [2.05, 4.69) is 37.9 Å². The molecule has 1 aliphatic heterocycles. The molecule has 0 amide bonds. The summed E-state index contributed by atoms with van der Waals surface area (Å²) in [6.45, 7) is 9.33. The van der Waals surface area contributed by atoms with Crippen molar-refractivity contribution < 1.29 is 4.74 Å². The highest BCUT2D eigenvalue weighted by Gasteiger charge is 2.25. The minimum atomic E-state index is 0.380. The van der Waals surface area contributed by atoms with E-state index >= 15 is 0 Å². The molecule has 0 saturated heterocycles. The summed E-state index contributed by atoms with van der Waals surface area (Å²) in [6, 6.07) is 0. The molecule has 0 unspecified atom stereocenters. The van der Waals surface area contributed by atoms with Crippen molar-refractivity contribution in [1.82, 2.24) is 10.2 Å². The average molecular weight is 206 g/mol. The van der Waals surface area contributed by atoms with E-state index in [1.165, 1.54) is 5.56 Å². The van der Waals surface area contributed by atoms with Crippen LogP contribution in [0.5, 0.6) is 5.75 Å². The fourth-order valence-corrected chi connectivity index (χ4v) is 1.98. The molecule has 3 heteroatoms. The summed E-state index contributed by atoms with van der Waals surface area (Å²) >= 11 is 0. The Morgan fingerprint density at radius 2 is 1.60 bits per heavy atom. The average Bonchev–Trinajstić information content (AvgIpc) is 2.63. The van der Waals surface area contributed by atoms with E-state index in [4.69, 9.17) is 4.74 Å². The molecule has 0 bridgehead atoms. The van der Waals surface area contributed by atoms with Crippen LogP contribution in [0, 0.1) is 0 Å². The van der Waals surface area contributed by atoms with Crippen molar-refractivity contribution in [3.05, 3.63) is 17.0 Å². The molecule has 0 spiro atoms. The van der Waals surface area contributed by atoms with E-state index in [1.54, 1.807) is 0 Å². The predicted octanol–water partition coefficient (Wildman–Crippen LogP) is 2.66. The Morgan fingerprint density at radius 3 is 2.20 bits per heavy atom. The van der Waals surface area contributed by atoms with Crippen LogP contribution in [0.1, 0.15) is 56.5 Å². The second kappa shape index (κ2) is 3.80. The zero-order chi connectivity index (χ0) is 11.0. The molecule has 2 rings (SSSR count). The van der Waals surface area contributed by atoms with Crippen molar-refractivity contribution >= 4 is 0 Å². The Balaban J connectivity index is 2.54. The predicted molar refractivity (Wildman–Crippen MR) is 59.4 cm³/mol. The van der Waals surface area contributed by atoms with Crippen molar-refractivity contribution in [2.45, 2.75) is 46.0 Å². The highest BCUT2D eigenvalue weighted by atomic mass is 16.5. The lowest BCUT2D eigenvalue weighted by Crippen LogP contribution is -2.05. The van der Waals surface area contributed by atoms with Gasteiger partial charge >= 0.3 is 0 Å². The second-order valence-electron chi connectivity index (χ2n) is 4.69. The molecule has 1 aromatic rings. The van der Waals surface area contributed by atoms with Gasteiger partial charge in [0.2, 0.25) is 0 Å². The zero-order valence-corrected chi connectivity index (χ0v) is 9.87. The lowest BCUT2D eigenvalue weighted by molar-refractivity contribution is 0.349. The summed E-state index contributed by atoms with van der Waals surface area (Å²) in [5.41, 5.74) is 3.39. The van der Waals surface area contributed by atoms with E-state index in [-0.39, 0.29) is 0 Å². The van der Waals surface area contributed by atoms with Crippen LogP contribution in [0.25, 0.3) is 0 Å². The van der Waals surface area contributed by atoms with Gasteiger partial charge in [-0.3, -0.25) is 0 Å². The number of ether oxygens (including phenoxy) is 1. The van der Waals surface area contributed by atoms with Gasteiger partial charge < -0.3 is 4.74 Å². The highest BCUT2D eigenvalue weighted by Crippen LogP contribution is 2.35. The first-order chi connectivity index (χ1) is 7.11. The molecule has 82 valence electrons. The largest absolute Gasteiger partial charge is 0.491 e. The minimum Gasteiger partial charge on any atom is -0.491 e. The fourth-order valence-electron chi connectivity index (χ4n) is 1.98. The van der Waals surface area contributed by atoms with E-state index < -0.39 is 0 Å². The van der Waals surface area contributed by atoms with E-state index in [0.29, 0.717) is 11.8 Å². The number of aromatic nitrogens is 2. The highest BCUT2D eigenvalue weighted by molar-refractivity contribution is 5.44. The molecule has 15 heavy (non-hydrogen) atoms. The van der Waals surface area contributed by atoms with Gasteiger partial charge in [0.15, 0.2) is 0 Å². The van der Waals surface area contributed by atoms with Gasteiger partial charge in [-0.15, -0.1) is 0 Å². The van der Waals surface area contributed by atoms with Crippen LogP contribution >= 0.6 is 0 Å². The van der Waals surface area contributed by atoms with Gasteiger partial charge in [-0.05, 0) is 5.92 Å². The third-order valence-electron chi connectivity index (χ3n) is 2.77. The van der Waals surface area contributed by atoms with Crippen LogP contribution in [0.3, 0.4) is 0 Å². The van der Waals surface area contributed by atoms with Crippen LogP contribution < -0.4 is 4.74 Å². The minimum absolute atomic E-state index is 0.380. The Morgan fingerprint density at radius 1 is 1.00 bits per heavy atom. The molecule has 0 fully saturated rings. The maximum absolute atomic E-state index is 5.68. The van der Waals surface area contributed by atoms with Crippen molar-refractivity contribution in [1.29, 1.82) is 0 Å². The van der Waals surface area contributed by atoms with Crippen LogP contribution in [-0.4, -0.2) is 16.8 Å². The lowest BCUT2D eigenvalue weighted by Gasteiger charge is -2.13. The lowest BCUT2D eigenvalue weighted by atomic mass is 9.99. The molecule has 0 aliphatic carbocycles. The smallest absolute Gasteiger partial charge is 0.148 e. The molecule has 0 aromatic carbocycles. The number of nitrogens with zero attached hydrogens (tertiary/aromatic N) is 2. The molecule has 3 nitrogen and oxygen atoms in total. The van der Waals surface area contributed by atoms with Crippen LogP contribution in [0.2, 0.25) is 0 Å². The molecule has 2 heterocycles. The molecular weight excluding hydrogens is 188 g/mol. The summed E-state index contributed by atoms with van der Waals surface area (Å²) in [6.07, 6.45) is 0.984. The summed E-state index contributed by atoms with van der Waals surface area (Å²) < 4.78 is 5.68. The summed E-state index contributed by atoms with van der Waals surface area (Å²) in [4.78, 5) is 0. The van der Waals surface area contributed by atoms with Gasteiger partial charge in [-0.25, -0.2) is 0 Å². The first-order valence-corrected chi connectivity index (χ1v) is 5.63. The fraction of sp³-hybridized carbons (Fsp3) is 0.667. The topological polar surface area (TPSA) is 35.0 Å². The van der Waals surface area contributed by atoms with Crippen molar-refractivity contribution in [3.8, 4) is 5.75 Å². The van der Waals surface area contributed by atoms with Crippen LogP contribution in [-0.2, 0) is 6.42 Å². The molecule has 0 atom stereocenters. The van der Waals surface area contributed by atoms with Gasteiger partial charge in [-0.1, -0.05) is 27.7 Å². The van der Waals surface area contributed by atoms with Gasteiger partial charge in [0.1, 0.15) is 11.4 Å². The standard InChI is InChI=1S/C12H18N2O/c1-7(2)10-9-5-6-15-12(9)11(8(3)4)14-13-10/h7-8H,5-6H2,1-4H3. The SMILES string of the molecule is CC(C)c1nnc(C(C)C)c2c1CCO2. The van der Waals surface area contributed by atoms with E-state index in [9.17, 15) is 0 Å². The molecule has 1 aromatic heterocycles. The molecule has 0 N–H and O–H groups in total. The Bertz CT molecular complexity index is 337. The number of fused-ring (bicyclic) bond motifs is 1. The van der Waals surface area contributed by atoms with Crippen molar-refractivity contribution in [2.75, 3.05) is 6.61 Å². The maximum Gasteiger partial charge on any atom is 0.148 e. The Labute approximate surface area is 90.9 Å². The van der Waals surface area contributed by atoms with Crippen molar-refractivity contribution in [3.63, 3.8) is 0 Å². The third kappa shape index (κ3) is 1.71. The first kappa shape index (κ1) is 10.4. The van der Waals surface area contributed by atoms with E-state index in [0.717, 1.165) is 30.2 Å². The number of rotatable bonds is 2. The van der Waals surface area contributed by atoms with Crippen LogP contribution in [0.4, 0.5) is 0 Å². The number of hydrogen-bond donors (Lipinski definition) is 0.